The van der Waals surface area contributed by atoms with E-state index in [1.165, 1.54) is 12.1 Å². The Morgan fingerprint density at radius 3 is 2.19 bits per heavy atom. The van der Waals surface area contributed by atoms with Crippen LogP contribution in [0.15, 0.2) is 48.5 Å². The van der Waals surface area contributed by atoms with Crippen LogP contribution in [0.25, 0.3) is 0 Å². The van der Waals surface area contributed by atoms with E-state index in [4.69, 9.17) is 9.84 Å². The molecule has 0 heterocycles. The Labute approximate surface area is 92.9 Å². The van der Waals surface area contributed by atoms with E-state index in [2.05, 4.69) is 0 Å². The minimum Gasteiger partial charge on any atom is -0.508 e. The molecule has 0 bridgehead atoms. The van der Waals surface area contributed by atoms with Crippen LogP contribution in [0.1, 0.15) is 5.56 Å². The highest BCUT2D eigenvalue weighted by Gasteiger charge is 1.96. The zero-order valence-electron chi connectivity index (χ0n) is 8.56. The molecule has 2 aromatic rings. The summed E-state index contributed by atoms with van der Waals surface area (Å²) in [4.78, 5) is 0. The molecule has 0 aromatic heterocycles. The first kappa shape index (κ1) is 10.5. The molecule has 82 valence electrons. The van der Waals surface area contributed by atoms with Gasteiger partial charge in [0.1, 0.15) is 23.9 Å². The normalized spacial score (nSPS) is 10.1. The van der Waals surface area contributed by atoms with E-state index < -0.39 is 0 Å². The third-order valence-electron chi connectivity index (χ3n) is 2.16. The van der Waals surface area contributed by atoms with Gasteiger partial charge < -0.3 is 9.84 Å². The predicted octanol–water partition coefficient (Wildman–Crippen LogP) is 3.11. The van der Waals surface area contributed by atoms with E-state index in [0.717, 1.165) is 5.56 Å². The van der Waals surface area contributed by atoms with Gasteiger partial charge >= 0.3 is 0 Å². The van der Waals surface area contributed by atoms with Crippen molar-refractivity contribution < 1.29 is 14.2 Å². The molecule has 0 atom stereocenters. The number of halogens is 1. The van der Waals surface area contributed by atoms with Crippen LogP contribution in [0.2, 0.25) is 0 Å². The van der Waals surface area contributed by atoms with Gasteiger partial charge in [0.05, 0.1) is 0 Å². The summed E-state index contributed by atoms with van der Waals surface area (Å²) in [5.41, 5.74) is 0.946. The standard InChI is InChI=1S/C13H11FO2/c14-11-3-7-13(8-4-11)16-9-10-1-5-12(15)6-2-10/h1-8,15H,9H2. The molecular weight excluding hydrogens is 207 g/mol. The lowest BCUT2D eigenvalue weighted by Gasteiger charge is -2.05. The molecule has 0 radical (unpaired) electrons. The molecule has 1 N–H and O–H groups in total. The van der Waals surface area contributed by atoms with Gasteiger partial charge in [-0.15, -0.1) is 0 Å². The van der Waals surface area contributed by atoms with Crippen LogP contribution >= 0.6 is 0 Å². The van der Waals surface area contributed by atoms with Crippen LogP contribution in [0, 0.1) is 5.82 Å². The van der Waals surface area contributed by atoms with Crippen molar-refractivity contribution in [1.82, 2.24) is 0 Å². The Morgan fingerprint density at radius 2 is 1.56 bits per heavy atom. The number of benzene rings is 2. The van der Waals surface area contributed by atoms with Gasteiger partial charge in [0.2, 0.25) is 0 Å². The van der Waals surface area contributed by atoms with Gasteiger partial charge in [-0.1, -0.05) is 12.1 Å². The molecule has 0 aliphatic carbocycles. The summed E-state index contributed by atoms with van der Waals surface area (Å²) in [5.74, 6) is 0.567. The highest BCUT2D eigenvalue weighted by Crippen LogP contribution is 2.15. The number of aromatic hydroxyl groups is 1. The molecule has 0 spiro atoms. The minimum atomic E-state index is -0.281. The summed E-state index contributed by atoms with van der Waals surface area (Å²) in [5, 5.41) is 9.09. The number of phenols is 1. The van der Waals surface area contributed by atoms with Crippen LogP contribution < -0.4 is 4.74 Å². The quantitative estimate of drug-likeness (QED) is 0.857. The first-order chi connectivity index (χ1) is 7.74. The average Bonchev–Trinajstić information content (AvgIpc) is 2.30. The van der Waals surface area contributed by atoms with Gasteiger partial charge in [0.25, 0.3) is 0 Å². The van der Waals surface area contributed by atoms with Crippen LogP contribution in [-0.2, 0) is 6.61 Å². The summed E-state index contributed by atoms with van der Waals surface area (Å²) in [6.07, 6.45) is 0. The summed E-state index contributed by atoms with van der Waals surface area (Å²) in [7, 11) is 0. The van der Waals surface area contributed by atoms with E-state index in [1.807, 2.05) is 0 Å². The fourth-order valence-electron chi connectivity index (χ4n) is 1.29. The molecule has 0 aliphatic heterocycles. The molecule has 0 unspecified atom stereocenters. The monoisotopic (exact) mass is 218 g/mol. The van der Waals surface area contributed by atoms with Crippen LogP contribution in [0.5, 0.6) is 11.5 Å². The van der Waals surface area contributed by atoms with Crippen molar-refractivity contribution >= 4 is 0 Å². The molecule has 0 saturated carbocycles. The first-order valence-electron chi connectivity index (χ1n) is 4.90. The van der Waals surface area contributed by atoms with Crippen LogP contribution in [0.3, 0.4) is 0 Å². The zero-order chi connectivity index (χ0) is 11.4. The Bertz CT molecular complexity index is 403. The second-order valence-electron chi connectivity index (χ2n) is 3.41. The number of ether oxygens (including phenoxy) is 1. The Hall–Kier alpha value is -2.03. The highest BCUT2D eigenvalue weighted by molar-refractivity contribution is 5.27. The molecule has 16 heavy (non-hydrogen) atoms. The maximum absolute atomic E-state index is 12.6. The third-order valence-corrected chi connectivity index (χ3v) is 2.16. The number of hydrogen-bond donors (Lipinski definition) is 1. The molecule has 0 amide bonds. The van der Waals surface area contributed by atoms with Crippen molar-refractivity contribution in [2.75, 3.05) is 0 Å². The van der Waals surface area contributed by atoms with Gasteiger partial charge in [0.15, 0.2) is 0 Å². The molecule has 0 fully saturated rings. The number of phenolic OH excluding ortho intramolecular Hbond substituents is 1. The fourth-order valence-corrected chi connectivity index (χ4v) is 1.29. The van der Waals surface area contributed by atoms with E-state index >= 15 is 0 Å². The lowest BCUT2D eigenvalue weighted by atomic mass is 10.2. The summed E-state index contributed by atoms with van der Waals surface area (Å²) >= 11 is 0. The molecule has 2 nitrogen and oxygen atoms in total. The van der Waals surface area contributed by atoms with Crippen LogP contribution in [-0.4, -0.2) is 5.11 Å². The second kappa shape index (κ2) is 4.66. The maximum Gasteiger partial charge on any atom is 0.123 e. The Kier molecular flexibility index (Phi) is 3.05. The van der Waals surface area contributed by atoms with E-state index in [0.29, 0.717) is 12.4 Å². The van der Waals surface area contributed by atoms with Crippen molar-refractivity contribution in [2.45, 2.75) is 6.61 Å². The van der Waals surface area contributed by atoms with Crippen molar-refractivity contribution in [3.63, 3.8) is 0 Å². The lowest BCUT2D eigenvalue weighted by molar-refractivity contribution is 0.305. The molecule has 0 aliphatic rings. The first-order valence-corrected chi connectivity index (χ1v) is 4.90. The maximum atomic E-state index is 12.6. The largest absolute Gasteiger partial charge is 0.508 e. The molecule has 2 rings (SSSR count). The van der Waals surface area contributed by atoms with Crippen molar-refractivity contribution in [3.05, 3.63) is 59.9 Å². The molecule has 0 saturated heterocycles. The van der Waals surface area contributed by atoms with Crippen molar-refractivity contribution in [2.24, 2.45) is 0 Å². The van der Waals surface area contributed by atoms with E-state index in [1.54, 1.807) is 36.4 Å². The van der Waals surface area contributed by atoms with E-state index in [9.17, 15) is 4.39 Å². The lowest BCUT2D eigenvalue weighted by Crippen LogP contribution is -1.94. The fraction of sp³-hybridized carbons (Fsp3) is 0.0769. The van der Waals surface area contributed by atoms with Gasteiger partial charge in [-0.2, -0.15) is 0 Å². The predicted molar refractivity (Wildman–Crippen MR) is 58.8 cm³/mol. The van der Waals surface area contributed by atoms with Gasteiger partial charge in [-0.3, -0.25) is 0 Å². The summed E-state index contributed by atoms with van der Waals surface area (Å²) in [6.45, 7) is 0.395. The molecule has 3 heteroatoms. The van der Waals surface area contributed by atoms with Gasteiger partial charge in [0, 0.05) is 0 Å². The Balaban J connectivity index is 1.97. The topological polar surface area (TPSA) is 29.5 Å². The highest BCUT2D eigenvalue weighted by atomic mass is 19.1. The van der Waals surface area contributed by atoms with Crippen molar-refractivity contribution in [1.29, 1.82) is 0 Å². The third kappa shape index (κ3) is 2.73. The molecular formula is C13H11FO2. The SMILES string of the molecule is Oc1ccc(COc2ccc(F)cc2)cc1. The minimum absolute atomic E-state index is 0.227. The number of hydrogen-bond acceptors (Lipinski definition) is 2. The zero-order valence-corrected chi connectivity index (χ0v) is 8.56. The Morgan fingerprint density at radius 1 is 0.938 bits per heavy atom. The van der Waals surface area contributed by atoms with Gasteiger partial charge in [-0.05, 0) is 42.0 Å². The molecule has 2 aromatic carbocycles. The second-order valence-corrected chi connectivity index (χ2v) is 3.41. The average molecular weight is 218 g/mol. The van der Waals surface area contributed by atoms with Crippen molar-refractivity contribution in [3.8, 4) is 11.5 Å². The van der Waals surface area contributed by atoms with E-state index in [-0.39, 0.29) is 11.6 Å². The van der Waals surface area contributed by atoms with Crippen LogP contribution in [0.4, 0.5) is 4.39 Å². The van der Waals surface area contributed by atoms with Gasteiger partial charge in [-0.25, -0.2) is 4.39 Å². The summed E-state index contributed by atoms with van der Waals surface area (Å²) in [6, 6.07) is 12.6. The smallest absolute Gasteiger partial charge is 0.123 e. The number of rotatable bonds is 3. The summed E-state index contributed by atoms with van der Waals surface area (Å²) < 4.78 is 18.0.